The lowest BCUT2D eigenvalue weighted by atomic mass is 10.3. The van der Waals surface area contributed by atoms with Crippen molar-refractivity contribution >= 4 is 31.2 Å². The summed E-state index contributed by atoms with van der Waals surface area (Å²) < 4.78 is 7.47. The van der Waals surface area contributed by atoms with Gasteiger partial charge in [-0.1, -0.05) is 20.8 Å². The molecule has 0 aliphatic rings. The molecule has 0 saturated heterocycles. The number of nitrogens with one attached hydrogen (secondary N) is 1. The fraction of sp³-hybridized carbons (Fsp3) is 0.417. The second-order valence-electron chi connectivity index (χ2n) is 4.96. The van der Waals surface area contributed by atoms with Crippen molar-refractivity contribution in [1.29, 1.82) is 0 Å². The first-order valence-electron chi connectivity index (χ1n) is 5.65. The van der Waals surface area contributed by atoms with Crippen LogP contribution in [0.1, 0.15) is 20.8 Å². The first-order chi connectivity index (χ1) is 8.43. The van der Waals surface area contributed by atoms with Gasteiger partial charge in [0.25, 0.3) is 0 Å². The van der Waals surface area contributed by atoms with Gasteiger partial charge in [0.2, 0.25) is 7.98 Å². The van der Waals surface area contributed by atoms with Gasteiger partial charge in [0.1, 0.15) is 17.2 Å². The molecule has 0 atom stereocenters. The molecule has 2 aromatic rings. The van der Waals surface area contributed by atoms with Gasteiger partial charge >= 0.3 is 0 Å². The highest BCUT2D eigenvalue weighted by Crippen LogP contribution is 2.38. The SMILES string of the molecule is [B]Nc1cn2cc(SC(C)(C)C)c(OC)cc2n1. The van der Waals surface area contributed by atoms with Gasteiger partial charge in [0.15, 0.2) is 0 Å². The van der Waals surface area contributed by atoms with Crippen molar-refractivity contribution in [2.75, 3.05) is 12.3 Å². The molecular formula is C12H16BN3OS. The van der Waals surface area contributed by atoms with Crippen LogP contribution in [0.15, 0.2) is 23.4 Å². The minimum Gasteiger partial charge on any atom is -0.495 e. The van der Waals surface area contributed by atoms with E-state index in [-0.39, 0.29) is 4.75 Å². The summed E-state index contributed by atoms with van der Waals surface area (Å²) in [5.41, 5.74) is 0.804. The van der Waals surface area contributed by atoms with Crippen LogP contribution in [0.3, 0.4) is 0 Å². The first kappa shape index (κ1) is 13.1. The van der Waals surface area contributed by atoms with E-state index in [4.69, 9.17) is 12.7 Å². The molecule has 2 rings (SSSR count). The maximum absolute atomic E-state index is 5.42. The van der Waals surface area contributed by atoms with Crippen LogP contribution in [0.5, 0.6) is 5.75 Å². The number of pyridine rings is 1. The van der Waals surface area contributed by atoms with Crippen molar-refractivity contribution in [2.24, 2.45) is 0 Å². The second-order valence-corrected chi connectivity index (χ2v) is 6.83. The molecule has 0 aliphatic heterocycles. The van der Waals surface area contributed by atoms with Crippen molar-refractivity contribution in [3.63, 3.8) is 0 Å². The number of fused-ring (bicyclic) bond motifs is 1. The highest BCUT2D eigenvalue weighted by atomic mass is 32.2. The number of thioether (sulfide) groups is 1. The zero-order chi connectivity index (χ0) is 13.3. The van der Waals surface area contributed by atoms with Gasteiger partial charge in [0, 0.05) is 17.0 Å². The highest BCUT2D eigenvalue weighted by molar-refractivity contribution is 8.00. The van der Waals surface area contributed by atoms with Gasteiger partial charge in [-0.3, -0.25) is 0 Å². The number of rotatable bonds is 3. The van der Waals surface area contributed by atoms with Crippen molar-refractivity contribution in [2.45, 2.75) is 30.4 Å². The van der Waals surface area contributed by atoms with Crippen LogP contribution in [0.25, 0.3) is 5.65 Å². The predicted octanol–water partition coefficient (Wildman–Crippen LogP) is 2.73. The second kappa shape index (κ2) is 4.76. The Hall–Kier alpha value is -1.30. The number of aromatic nitrogens is 2. The molecule has 0 bridgehead atoms. The number of hydrogen-bond acceptors (Lipinski definition) is 4. The summed E-state index contributed by atoms with van der Waals surface area (Å²) in [6.45, 7) is 6.51. The smallest absolute Gasteiger partial charge is 0.224 e. The molecule has 2 heterocycles. The largest absolute Gasteiger partial charge is 0.495 e. The third-order valence-electron chi connectivity index (χ3n) is 2.30. The van der Waals surface area contributed by atoms with Crippen LogP contribution in [0.4, 0.5) is 5.82 Å². The van der Waals surface area contributed by atoms with E-state index in [0.29, 0.717) is 5.82 Å². The van der Waals surface area contributed by atoms with Crippen molar-refractivity contribution in [3.05, 3.63) is 18.5 Å². The van der Waals surface area contributed by atoms with Gasteiger partial charge in [0.05, 0.1) is 18.2 Å². The third kappa shape index (κ3) is 2.75. The molecule has 0 saturated carbocycles. The zero-order valence-electron chi connectivity index (χ0n) is 11.0. The molecule has 0 unspecified atom stereocenters. The molecule has 2 aromatic heterocycles. The lowest BCUT2D eigenvalue weighted by molar-refractivity contribution is 0.404. The van der Waals surface area contributed by atoms with Crippen LogP contribution < -0.4 is 9.96 Å². The average molecular weight is 261 g/mol. The molecule has 6 heteroatoms. The van der Waals surface area contributed by atoms with E-state index in [9.17, 15) is 0 Å². The summed E-state index contributed by atoms with van der Waals surface area (Å²) in [6, 6.07) is 1.91. The minimum atomic E-state index is 0.122. The highest BCUT2D eigenvalue weighted by Gasteiger charge is 2.17. The third-order valence-corrected chi connectivity index (χ3v) is 3.44. The molecule has 1 N–H and O–H groups in total. The van der Waals surface area contributed by atoms with Crippen LogP contribution in [-0.2, 0) is 0 Å². The van der Waals surface area contributed by atoms with E-state index in [1.54, 1.807) is 18.9 Å². The van der Waals surface area contributed by atoms with Crippen LogP contribution in [0.2, 0.25) is 0 Å². The molecule has 0 spiro atoms. The summed E-state index contributed by atoms with van der Waals surface area (Å²) in [4.78, 5) is 5.40. The van der Waals surface area contributed by atoms with E-state index < -0.39 is 0 Å². The fourth-order valence-corrected chi connectivity index (χ4v) is 2.70. The van der Waals surface area contributed by atoms with Gasteiger partial charge in [-0.15, -0.1) is 11.8 Å². The summed E-state index contributed by atoms with van der Waals surface area (Å²) in [7, 11) is 7.03. The number of methoxy groups -OCH3 is 1. The molecule has 0 fully saturated rings. The number of imidazole rings is 1. The molecule has 2 radical (unpaired) electrons. The van der Waals surface area contributed by atoms with Crippen LogP contribution >= 0.6 is 11.8 Å². The Balaban J connectivity index is 2.50. The molecule has 4 nitrogen and oxygen atoms in total. The maximum Gasteiger partial charge on any atom is 0.224 e. The quantitative estimate of drug-likeness (QED) is 0.681. The normalized spacial score (nSPS) is 11.8. The van der Waals surface area contributed by atoms with E-state index in [1.807, 2.05) is 22.9 Å². The Kier molecular flexibility index (Phi) is 3.48. The summed E-state index contributed by atoms with van der Waals surface area (Å²) in [5, 5.41) is 2.54. The van der Waals surface area contributed by atoms with E-state index >= 15 is 0 Å². The molecule has 0 aliphatic carbocycles. The van der Waals surface area contributed by atoms with E-state index in [1.165, 1.54) is 0 Å². The monoisotopic (exact) mass is 261 g/mol. The number of ether oxygens (including phenoxy) is 1. The Morgan fingerprint density at radius 3 is 2.67 bits per heavy atom. The zero-order valence-corrected chi connectivity index (χ0v) is 11.8. The van der Waals surface area contributed by atoms with Gasteiger partial charge in [-0.25, -0.2) is 4.98 Å². The topological polar surface area (TPSA) is 38.6 Å². The summed E-state index contributed by atoms with van der Waals surface area (Å²) >= 11 is 1.76. The lowest BCUT2D eigenvalue weighted by Gasteiger charge is -2.19. The minimum absolute atomic E-state index is 0.122. The standard InChI is InChI=1S/C12H16BN3OS/c1-12(2,3)18-9-6-16-7-10(15-13)14-11(16)5-8(9)17-4/h5-7,15H,1-4H3. The van der Waals surface area contributed by atoms with Gasteiger partial charge in [-0.05, 0) is 0 Å². The summed E-state index contributed by atoms with van der Waals surface area (Å²) in [5.74, 6) is 1.46. The van der Waals surface area contributed by atoms with Crippen molar-refractivity contribution in [3.8, 4) is 5.75 Å². The fourth-order valence-electron chi connectivity index (χ4n) is 1.63. The summed E-state index contributed by atoms with van der Waals surface area (Å²) in [6.07, 6.45) is 3.86. The van der Waals surface area contributed by atoms with E-state index in [0.717, 1.165) is 16.3 Å². The van der Waals surface area contributed by atoms with Crippen molar-refractivity contribution < 1.29 is 4.74 Å². The molecule has 18 heavy (non-hydrogen) atoms. The number of hydrogen-bond donors (Lipinski definition) is 1. The molecular weight excluding hydrogens is 245 g/mol. The van der Waals surface area contributed by atoms with Crippen LogP contribution in [-0.4, -0.2) is 29.2 Å². The van der Waals surface area contributed by atoms with Crippen molar-refractivity contribution in [1.82, 2.24) is 9.38 Å². The number of anilines is 1. The van der Waals surface area contributed by atoms with E-state index in [2.05, 4.69) is 31.0 Å². The maximum atomic E-state index is 5.42. The molecule has 0 amide bonds. The van der Waals surface area contributed by atoms with Crippen LogP contribution in [0, 0.1) is 0 Å². The Labute approximate surface area is 113 Å². The molecule has 94 valence electrons. The van der Waals surface area contributed by atoms with Gasteiger partial charge < -0.3 is 14.4 Å². The average Bonchev–Trinajstić information content (AvgIpc) is 2.67. The Bertz CT molecular complexity index is 562. The number of nitrogens with zero attached hydrogens (tertiary/aromatic N) is 2. The van der Waals surface area contributed by atoms with Gasteiger partial charge in [-0.2, -0.15) is 0 Å². The Morgan fingerprint density at radius 1 is 1.39 bits per heavy atom. The lowest BCUT2D eigenvalue weighted by Crippen LogP contribution is -2.07. The Morgan fingerprint density at radius 2 is 2.11 bits per heavy atom. The first-order valence-corrected chi connectivity index (χ1v) is 6.47. The molecule has 0 aromatic carbocycles. The predicted molar refractivity (Wildman–Crippen MR) is 76.7 cm³/mol.